The van der Waals surface area contributed by atoms with E-state index in [4.69, 9.17) is 5.73 Å². The minimum absolute atomic E-state index is 0.0243. The molecule has 6 nitrogen and oxygen atoms in total. The van der Waals surface area contributed by atoms with Gasteiger partial charge in [-0.1, -0.05) is 13.8 Å². The molecule has 1 atom stereocenters. The Labute approximate surface area is 123 Å². The van der Waals surface area contributed by atoms with Crippen LogP contribution in [0.15, 0.2) is 0 Å². The van der Waals surface area contributed by atoms with Gasteiger partial charge in [0.25, 0.3) is 0 Å². The Kier molecular flexibility index (Phi) is 9.79. The molecule has 0 rings (SSSR count). The number of amides is 1. The molecule has 1 unspecified atom stereocenters. The van der Waals surface area contributed by atoms with Crippen LogP contribution in [-0.4, -0.2) is 51.1 Å². The van der Waals surface area contributed by atoms with Gasteiger partial charge in [0.2, 0.25) is 15.9 Å². The fourth-order valence-electron chi connectivity index (χ4n) is 1.94. The Morgan fingerprint density at radius 2 is 2.00 bits per heavy atom. The highest BCUT2D eigenvalue weighted by molar-refractivity contribution is 7.88. The molecule has 0 fully saturated rings. The van der Waals surface area contributed by atoms with Crippen molar-refractivity contribution in [3.8, 4) is 0 Å². The van der Waals surface area contributed by atoms with Gasteiger partial charge >= 0.3 is 0 Å². The first-order valence-electron chi connectivity index (χ1n) is 7.23. The summed E-state index contributed by atoms with van der Waals surface area (Å²) in [5, 5.41) is 2.82. The van der Waals surface area contributed by atoms with Gasteiger partial charge in [-0.2, -0.15) is 0 Å². The second-order valence-electron chi connectivity index (χ2n) is 5.18. The predicted octanol–water partition coefficient (Wildman–Crippen LogP) is 0.539. The maximum Gasteiger partial charge on any atom is 0.220 e. The number of nitrogens with two attached hydrogens (primary N) is 1. The van der Waals surface area contributed by atoms with E-state index in [1.807, 2.05) is 0 Å². The third kappa shape index (κ3) is 9.28. The van der Waals surface area contributed by atoms with Gasteiger partial charge in [0.1, 0.15) is 0 Å². The third-order valence-electron chi connectivity index (χ3n) is 3.25. The molecule has 0 bridgehead atoms. The van der Waals surface area contributed by atoms with Crippen LogP contribution < -0.4 is 11.1 Å². The van der Waals surface area contributed by atoms with E-state index in [-0.39, 0.29) is 5.91 Å². The number of hydrogen-bond acceptors (Lipinski definition) is 4. The van der Waals surface area contributed by atoms with E-state index in [2.05, 4.69) is 12.2 Å². The Morgan fingerprint density at radius 1 is 1.35 bits per heavy atom. The van der Waals surface area contributed by atoms with Crippen LogP contribution in [0, 0.1) is 5.92 Å². The molecular formula is C13H29N3O3S. The van der Waals surface area contributed by atoms with Crippen molar-refractivity contribution in [1.82, 2.24) is 9.62 Å². The molecule has 0 aromatic heterocycles. The first-order valence-corrected chi connectivity index (χ1v) is 9.08. The molecular weight excluding hydrogens is 278 g/mol. The van der Waals surface area contributed by atoms with Crippen LogP contribution in [0.4, 0.5) is 0 Å². The van der Waals surface area contributed by atoms with Crippen LogP contribution >= 0.6 is 0 Å². The van der Waals surface area contributed by atoms with Gasteiger partial charge in [-0.3, -0.25) is 4.79 Å². The van der Waals surface area contributed by atoms with E-state index in [1.165, 1.54) is 10.6 Å². The fourth-order valence-corrected chi connectivity index (χ4v) is 2.87. The minimum atomic E-state index is -3.13. The Hall–Kier alpha value is -0.660. The van der Waals surface area contributed by atoms with Crippen molar-refractivity contribution in [2.24, 2.45) is 11.7 Å². The number of carbonyl (C=O) groups is 1. The Bertz CT molecular complexity index is 371. The van der Waals surface area contributed by atoms with Crippen molar-refractivity contribution >= 4 is 15.9 Å². The number of hydrogen-bond donors (Lipinski definition) is 2. The molecule has 0 aromatic rings. The summed E-state index contributed by atoms with van der Waals surface area (Å²) in [5.74, 6) is 0.489. The number of sulfonamides is 1. The minimum Gasteiger partial charge on any atom is -0.356 e. The normalized spacial score (nSPS) is 13.4. The lowest BCUT2D eigenvalue weighted by molar-refractivity contribution is -0.121. The van der Waals surface area contributed by atoms with E-state index in [1.54, 1.807) is 6.92 Å². The van der Waals surface area contributed by atoms with E-state index < -0.39 is 10.0 Å². The van der Waals surface area contributed by atoms with Gasteiger partial charge in [-0.25, -0.2) is 12.7 Å². The summed E-state index contributed by atoms with van der Waals surface area (Å²) in [6.07, 6.45) is 4.12. The number of nitrogens with zero attached hydrogens (tertiary/aromatic N) is 1. The zero-order valence-corrected chi connectivity index (χ0v) is 13.7. The molecule has 0 saturated heterocycles. The summed E-state index contributed by atoms with van der Waals surface area (Å²) in [6, 6.07) is 0. The first-order chi connectivity index (χ1) is 9.31. The van der Waals surface area contributed by atoms with Crippen molar-refractivity contribution in [2.75, 3.05) is 32.4 Å². The first kappa shape index (κ1) is 19.3. The topological polar surface area (TPSA) is 92.5 Å². The average molecular weight is 307 g/mol. The highest BCUT2D eigenvalue weighted by atomic mass is 32.2. The van der Waals surface area contributed by atoms with Gasteiger partial charge in [-0.15, -0.1) is 0 Å². The summed E-state index contributed by atoms with van der Waals surface area (Å²) in [7, 11) is -3.13. The van der Waals surface area contributed by atoms with Gasteiger partial charge in [0.15, 0.2) is 0 Å². The third-order valence-corrected chi connectivity index (χ3v) is 4.63. The lowest BCUT2D eigenvalue weighted by Crippen LogP contribution is -2.33. The second-order valence-corrected chi connectivity index (χ2v) is 7.16. The molecule has 0 heterocycles. The van der Waals surface area contributed by atoms with Crippen molar-refractivity contribution in [1.29, 1.82) is 0 Å². The summed E-state index contributed by atoms with van der Waals surface area (Å²) < 4.78 is 24.1. The van der Waals surface area contributed by atoms with Crippen molar-refractivity contribution < 1.29 is 13.2 Å². The maximum absolute atomic E-state index is 11.6. The quantitative estimate of drug-likeness (QED) is 0.545. The van der Waals surface area contributed by atoms with E-state index >= 15 is 0 Å². The zero-order valence-electron chi connectivity index (χ0n) is 12.9. The summed E-state index contributed by atoms with van der Waals surface area (Å²) in [5.41, 5.74) is 5.46. The van der Waals surface area contributed by atoms with Crippen LogP contribution in [0.25, 0.3) is 0 Å². The summed E-state index contributed by atoms with van der Waals surface area (Å²) in [6.45, 7) is 5.96. The highest BCUT2D eigenvalue weighted by Gasteiger charge is 2.13. The van der Waals surface area contributed by atoms with Crippen LogP contribution in [0.1, 0.15) is 39.5 Å². The molecule has 20 heavy (non-hydrogen) atoms. The molecule has 3 N–H and O–H groups in total. The monoisotopic (exact) mass is 307 g/mol. The number of rotatable bonds is 11. The zero-order chi connectivity index (χ0) is 15.6. The molecule has 0 saturated carbocycles. The smallest absolute Gasteiger partial charge is 0.220 e. The van der Waals surface area contributed by atoms with Crippen LogP contribution in [0.3, 0.4) is 0 Å². The van der Waals surface area contributed by atoms with Crippen molar-refractivity contribution in [3.05, 3.63) is 0 Å². The molecule has 0 aliphatic carbocycles. The standard InChI is InChI=1S/C13H29N3O3S/c1-4-16(20(3,18)19)11-5-10-15-13(17)7-6-12(2)8-9-14/h12H,4-11,14H2,1-3H3,(H,15,17). The summed E-state index contributed by atoms with van der Waals surface area (Å²) in [4.78, 5) is 11.6. The molecule has 0 aliphatic heterocycles. The van der Waals surface area contributed by atoms with E-state index in [9.17, 15) is 13.2 Å². The lowest BCUT2D eigenvalue weighted by Gasteiger charge is -2.17. The van der Waals surface area contributed by atoms with Gasteiger partial charge in [0, 0.05) is 26.1 Å². The van der Waals surface area contributed by atoms with Crippen molar-refractivity contribution in [3.63, 3.8) is 0 Å². The fraction of sp³-hybridized carbons (Fsp3) is 0.923. The Balaban J connectivity index is 3.76. The van der Waals surface area contributed by atoms with E-state index in [0.717, 1.165) is 12.8 Å². The second kappa shape index (κ2) is 10.1. The average Bonchev–Trinajstić information content (AvgIpc) is 2.35. The molecule has 1 amide bonds. The molecule has 0 aliphatic rings. The largest absolute Gasteiger partial charge is 0.356 e. The molecule has 7 heteroatoms. The van der Waals surface area contributed by atoms with Crippen LogP contribution in [0.2, 0.25) is 0 Å². The Morgan fingerprint density at radius 3 is 2.50 bits per heavy atom. The lowest BCUT2D eigenvalue weighted by atomic mass is 10.0. The number of carbonyl (C=O) groups excluding carboxylic acids is 1. The molecule has 0 radical (unpaired) electrons. The molecule has 120 valence electrons. The predicted molar refractivity (Wildman–Crippen MR) is 81.8 cm³/mol. The van der Waals surface area contributed by atoms with Gasteiger partial charge in [0.05, 0.1) is 6.26 Å². The van der Waals surface area contributed by atoms with Crippen molar-refractivity contribution in [2.45, 2.75) is 39.5 Å². The highest BCUT2D eigenvalue weighted by Crippen LogP contribution is 2.08. The van der Waals surface area contributed by atoms with Crippen LogP contribution in [0.5, 0.6) is 0 Å². The van der Waals surface area contributed by atoms with Gasteiger partial charge in [-0.05, 0) is 31.7 Å². The summed E-state index contributed by atoms with van der Waals surface area (Å²) >= 11 is 0. The number of nitrogens with one attached hydrogen (secondary N) is 1. The van der Waals surface area contributed by atoms with Crippen LogP contribution in [-0.2, 0) is 14.8 Å². The van der Waals surface area contributed by atoms with Gasteiger partial charge < -0.3 is 11.1 Å². The van der Waals surface area contributed by atoms with E-state index in [0.29, 0.717) is 44.9 Å². The SMILES string of the molecule is CCN(CCCNC(=O)CCC(C)CCN)S(C)(=O)=O. The molecule has 0 spiro atoms. The molecule has 0 aromatic carbocycles. The maximum atomic E-state index is 11.6.